The van der Waals surface area contributed by atoms with Gasteiger partial charge in [-0.1, -0.05) is 18.2 Å². The molecule has 0 bridgehead atoms. The predicted octanol–water partition coefficient (Wildman–Crippen LogP) is 0.646. The Labute approximate surface area is 138 Å². The van der Waals surface area contributed by atoms with E-state index in [1.165, 1.54) is 0 Å². The number of rotatable bonds is 5. The van der Waals surface area contributed by atoms with Crippen LogP contribution >= 0.6 is 0 Å². The van der Waals surface area contributed by atoms with E-state index in [4.69, 9.17) is 9.47 Å². The van der Waals surface area contributed by atoms with E-state index in [2.05, 4.69) is 25.9 Å². The van der Waals surface area contributed by atoms with Crippen molar-refractivity contribution in [2.45, 2.75) is 18.6 Å². The fourth-order valence-electron chi connectivity index (χ4n) is 3.82. The molecule has 4 rings (SSSR count). The lowest BCUT2D eigenvalue weighted by Crippen LogP contribution is -2.62. The number of carbonyl (C=O) groups excluding carboxylic acids is 1. The zero-order valence-corrected chi connectivity index (χ0v) is 13.3. The minimum Gasteiger partial charge on any atom is -0.384 e. The van der Waals surface area contributed by atoms with Gasteiger partial charge in [-0.15, -0.1) is 10.2 Å². The first kappa shape index (κ1) is 15.2. The molecule has 1 aliphatic carbocycles. The monoisotopic (exact) mass is 329 g/mol. The highest BCUT2D eigenvalue weighted by Crippen LogP contribution is 2.43. The lowest BCUT2D eigenvalue weighted by atomic mass is 9.67. The fourth-order valence-corrected chi connectivity index (χ4v) is 3.82. The molecule has 1 saturated carbocycles. The third kappa shape index (κ3) is 2.47. The van der Waals surface area contributed by atoms with Gasteiger partial charge in [-0.2, -0.15) is 5.21 Å². The molecule has 8 heteroatoms. The Bertz CT molecular complexity index is 720. The highest BCUT2D eigenvalue weighted by Gasteiger charge is 2.54. The molecule has 8 nitrogen and oxygen atoms in total. The van der Waals surface area contributed by atoms with E-state index in [-0.39, 0.29) is 24.0 Å². The van der Waals surface area contributed by atoms with Crippen molar-refractivity contribution in [3.8, 4) is 11.4 Å². The third-order valence-corrected chi connectivity index (χ3v) is 4.94. The maximum Gasteiger partial charge on any atom is 0.252 e. The van der Waals surface area contributed by atoms with Crippen LogP contribution in [-0.2, 0) is 9.47 Å². The largest absolute Gasteiger partial charge is 0.384 e. The number of fused-ring (bicyclic) bond motifs is 1. The molecule has 1 aromatic heterocycles. The summed E-state index contributed by atoms with van der Waals surface area (Å²) in [5, 5.41) is 17.1. The van der Waals surface area contributed by atoms with Crippen LogP contribution in [0.2, 0.25) is 0 Å². The maximum absolute atomic E-state index is 12.8. The Morgan fingerprint density at radius 2 is 2.33 bits per heavy atom. The van der Waals surface area contributed by atoms with Crippen LogP contribution < -0.4 is 5.32 Å². The molecule has 2 heterocycles. The first-order chi connectivity index (χ1) is 11.8. The van der Waals surface area contributed by atoms with Gasteiger partial charge in [0.2, 0.25) is 5.82 Å². The molecule has 2 fully saturated rings. The predicted molar refractivity (Wildman–Crippen MR) is 84.1 cm³/mol. The second-order valence-electron chi connectivity index (χ2n) is 6.19. The summed E-state index contributed by atoms with van der Waals surface area (Å²) in [5.74, 6) is 0.840. The van der Waals surface area contributed by atoms with Gasteiger partial charge in [0, 0.05) is 37.2 Å². The van der Waals surface area contributed by atoms with E-state index in [1.807, 2.05) is 18.2 Å². The fraction of sp³-hybridized carbons (Fsp3) is 0.500. The van der Waals surface area contributed by atoms with Crippen molar-refractivity contribution in [2.24, 2.45) is 11.8 Å². The quantitative estimate of drug-likeness (QED) is 0.835. The number of aromatic nitrogens is 4. The third-order valence-electron chi connectivity index (χ3n) is 4.94. The first-order valence-corrected chi connectivity index (χ1v) is 8.04. The SMILES string of the molecule is COC[C@H]1[C@@H](NC(=O)c2ccccc2-c2nn[nH]n2)[C@H]2CCO[C@H]21. The van der Waals surface area contributed by atoms with E-state index in [0.29, 0.717) is 29.5 Å². The van der Waals surface area contributed by atoms with Gasteiger partial charge >= 0.3 is 0 Å². The molecule has 126 valence electrons. The van der Waals surface area contributed by atoms with Gasteiger partial charge in [0.15, 0.2) is 0 Å². The van der Waals surface area contributed by atoms with Crippen LogP contribution in [0.15, 0.2) is 24.3 Å². The van der Waals surface area contributed by atoms with E-state index in [1.54, 1.807) is 13.2 Å². The molecule has 1 aliphatic heterocycles. The van der Waals surface area contributed by atoms with Gasteiger partial charge in [0.1, 0.15) is 0 Å². The highest BCUT2D eigenvalue weighted by atomic mass is 16.5. The minimum atomic E-state index is -0.133. The van der Waals surface area contributed by atoms with E-state index < -0.39 is 0 Å². The second kappa shape index (κ2) is 6.29. The van der Waals surface area contributed by atoms with Crippen molar-refractivity contribution in [1.82, 2.24) is 25.9 Å². The number of hydrogen-bond acceptors (Lipinski definition) is 6. The van der Waals surface area contributed by atoms with Crippen LogP contribution in [0, 0.1) is 11.8 Å². The number of H-pyrrole nitrogens is 1. The number of ether oxygens (including phenoxy) is 2. The summed E-state index contributed by atoms with van der Waals surface area (Å²) < 4.78 is 11.0. The number of carbonyl (C=O) groups is 1. The van der Waals surface area contributed by atoms with Gasteiger partial charge in [-0.05, 0) is 17.7 Å². The number of methoxy groups -OCH3 is 1. The van der Waals surface area contributed by atoms with E-state index in [9.17, 15) is 4.79 Å². The van der Waals surface area contributed by atoms with Crippen LogP contribution in [0.5, 0.6) is 0 Å². The van der Waals surface area contributed by atoms with Crippen molar-refractivity contribution >= 4 is 5.91 Å². The molecule has 2 aromatic rings. The molecule has 2 N–H and O–H groups in total. The minimum absolute atomic E-state index is 0.0725. The number of benzene rings is 1. The van der Waals surface area contributed by atoms with Gasteiger partial charge in [-0.25, -0.2) is 0 Å². The molecule has 24 heavy (non-hydrogen) atoms. The molecule has 1 amide bonds. The second-order valence-corrected chi connectivity index (χ2v) is 6.19. The standard InChI is InChI=1S/C16H19N5O3/c1-23-8-12-13(11-6-7-24-14(11)12)17-16(22)10-5-3-2-4-9(10)15-18-20-21-19-15/h2-5,11-14H,6-8H2,1H3,(H,17,22)(H,18,19,20,21)/t11-,12+,13+,14-/m1/s1. The number of hydrogen-bond donors (Lipinski definition) is 2. The van der Waals surface area contributed by atoms with Crippen molar-refractivity contribution < 1.29 is 14.3 Å². The number of amides is 1. The van der Waals surface area contributed by atoms with Crippen LogP contribution in [0.4, 0.5) is 0 Å². The Morgan fingerprint density at radius 1 is 1.46 bits per heavy atom. The zero-order valence-electron chi connectivity index (χ0n) is 13.3. The summed E-state index contributed by atoms with van der Waals surface area (Å²) in [6, 6.07) is 7.33. The smallest absolute Gasteiger partial charge is 0.252 e. The van der Waals surface area contributed by atoms with Gasteiger partial charge in [-0.3, -0.25) is 4.79 Å². The van der Waals surface area contributed by atoms with Gasteiger partial charge in [0.05, 0.1) is 18.3 Å². The molecular formula is C16H19N5O3. The molecule has 4 atom stereocenters. The number of aromatic amines is 1. The molecule has 0 radical (unpaired) electrons. The van der Waals surface area contributed by atoms with Crippen molar-refractivity contribution in [1.29, 1.82) is 0 Å². The normalized spacial score (nSPS) is 28.2. The summed E-state index contributed by atoms with van der Waals surface area (Å²) in [6.45, 7) is 1.33. The maximum atomic E-state index is 12.8. The van der Waals surface area contributed by atoms with Crippen LogP contribution in [-0.4, -0.2) is 59.0 Å². The summed E-state index contributed by atoms with van der Waals surface area (Å²) in [5.41, 5.74) is 1.20. The van der Waals surface area contributed by atoms with Crippen molar-refractivity contribution in [3.05, 3.63) is 29.8 Å². The molecule has 1 saturated heterocycles. The number of nitrogens with one attached hydrogen (secondary N) is 2. The molecule has 0 unspecified atom stereocenters. The Hall–Kier alpha value is -2.32. The van der Waals surface area contributed by atoms with Gasteiger partial charge in [0.25, 0.3) is 5.91 Å². The summed E-state index contributed by atoms with van der Waals surface area (Å²) in [4.78, 5) is 12.8. The average Bonchev–Trinajstić information content (AvgIpc) is 3.27. The number of tetrazole rings is 1. The Balaban J connectivity index is 1.55. The average molecular weight is 329 g/mol. The number of nitrogens with zero attached hydrogens (tertiary/aromatic N) is 3. The molecular weight excluding hydrogens is 310 g/mol. The molecule has 2 aliphatic rings. The lowest BCUT2D eigenvalue weighted by molar-refractivity contribution is -0.0809. The summed E-state index contributed by atoms with van der Waals surface area (Å²) >= 11 is 0. The van der Waals surface area contributed by atoms with Crippen molar-refractivity contribution in [3.63, 3.8) is 0 Å². The first-order valence-electron chi connectivity index (χ1n) is 8.04. The topological polar surface area (TPSA) is 102 Å². The van der Waals surface area contributed by atoms with Crippen molar-refractivity contribution in [2.75, 3.05) is 20.3 Å². The van der Waals surface area contributed by atoms with E-state index >= 15 is 0 Å². The Morgan fingerprint density at radius 3 is 3.12 bits per heavy atom. The zero-order chi connectivity index (χ0) is 16.5. The van der Waals surface area contributed by atoms with E-state index in [0.717, 1.165) is 13.0 Å². The van der Waals surface area contributed by atoms with Crippen LogP contribution in [0.1, 0.15) is 16.8 Å². The molecule has 0 spiro atoms. The highest BCUT2D eigenvalue weighted by molar-refractivity contribution is 6.00. The van der Waals surface area contributed by atoms with Gasteiger partial charge < -0.3 is 14.8 Å². The van der Waals surface area contributed by atoms with Crippen LogP contribution in [0.25, 0.3) is 11.4 Å². The molecule has 1 aromatic carbocycles. The summed E-state index contributed by atoms with van der Waals surface area (Å²) in [6.07, 6.45) is 1.17. The lowest BCUT2D eigenvalue weighted by Gasteiger charge is -2.47. The summed E-state index contributed by atoms with van der Waals surface area (Å²) in [7, 11) is 1.67. The van der Waals surface area contributed by atoms with Crippen LogP contribution in [0.3, 0.4) is 0 Å². The Kier molecular flexibility index (Phi) is 3.99.